The van der Waals surface area contributed by atoms with Gasteiger partial charge in [-0.15, -0.1) is 11.8 Å². The maximum atomic E-state index is 14.3. The van der Waals surface area contributed by atoms with Crippen molar-refractivity contribution in [2.45, 2.75) is 10.1 Å². The van der Waals surface area contributed by atoms with E-state index >= 15 is 0 Å². The first-order chi connectivity index (χ1) is 23.5. The summed E-state index contributed by atoms with van der Waals surface area (Å²) in [6, 6.07) is 27.6. The van der Waals surface area contributed by atoms with Gasteiger partial charge in [0, 0.05) is 22.2 Å². The van der Waals surface area contributed by atoms with Gasteiger partial charge in [-0.3, -0.25) is 14.4 Å². The number of carbonyl (C=O) groups excluding carboxylic acids is 3. The molecule has 1 unspecified atom stereocenters. The Kier molecular flexibility index (Phi) is 11.4. The second-order valence-corrected chi connectivity index (χ2v) is 12.2. The van der Waals surface area contributed by atoms with Crippen molar-refractivity contribution >= 4 is 70.1 Å². The van der Waals surface area contributed by atoms with Crippen LogP contribution in [0.5, 0.6) is 0 Å². The van der Waals surface area contributed by atoms with E-state index in [4.69, 9.17) is 23.2 Å². The first kappa shape index (κ1) is 35.2. The summed E-state index contributed by atoms with van der Waals surface area (Å²) < 4.78 is 56.3. The third-order valence-electron chi connectivity index (χ3n) is 6.88. The first-order valence-electron chi connectivity index (χ1n) is 14.3. The fourth-order valence-electron chi connectivity index (χ4n) is 4.45. The molecule has 0 aliphatic carbocycles. The largest absolute Gasteiger partial charge is 0.321 e. The topological polar surface area (TPSA) is 87.3 Å². The highest BCUT2D eigenvalue weighted by Gasteiger charge is 2.27. The number of carbonyl (C=O) groups is 3. The Morgan fingerprint density at radius 3 is 1.96 bits per heavy atom. The average molecular weight is 725 g/mol. The molecule has 13 heteroatoms. The Labute approximate surface area is 292 Å². The van der Waals surface area contributed by atoms with Crippen molar-refractivity contribution in [3.8, 4) is 0 Å². The van der Waals surface area contributed by atoms with Crippen molar-refractivity contribution in [2.24, 2.45) is 0 Å². The lowest BCUT2D eigenvalue weighted by molar-refractivity contribution is -0.116. The maximum absolute atomic E-state index is 14.3. The summed E-state index contributed by atoms with van der Waals surface area (Å²) in [6.07, 6.45) is 1.38. The summed E-state index contributed by atoms with van der Waals surface area (Å²) in [5, 5.41) is 6.60. The highest BCUT2D eigenvalue weighted by molar-refractivity contribution is 8.00. The van der Waals surface area contributed by atoms with E-state index in [9.17, 15) is 31.9 Å². The first-order valence-corrected chi connectivity index (χ1v) is 15.9. The molecule has 1 atom stereocenters. The van der Waals surface area contributed by atoms with Crippen LogP contribution in [0, 0.1) is 23.3 Å². The molecule has 0 saturated heterocycles. The minimum absolute atomic E-state index is 0.0481. The fourth-order valence-corrected chi connectivity index (χ4v) is 5.84. The van der Waals surface area contributed by atoms with E-state index in [-0.39, 0.29) is 21.8 Å². The summed E-state index contributed by atoms with van der Waals surface area (Å²) in [6.45, 7) is 0. The molecule has 5 aromatic carbocycles. The molecule has 0 fully saturated rings. The molecule has 0 radical (unpaired) electrons. The molecule has 0 aliphatic rings. The number of hydrogen-bond donors (Lipinski definition) is 3. The van der Waals surface area contributed by atoms with Gasteiger partial charge in [-0.2, -0.15) is 0 Å². The van der Waals surface area contributed by atoms with Gasteiger partial charge < -0.3 is 16.0 Å². The third kappa shape index (κ3) is 8.69. The van der Waals surface area contributed by atoms with Gasteiger partial charge in [0.05, 0.1) is 10.0 Å². The van der Waals surface area contributed by atoms with Crippen molar-refractivity contribution in [3.63, 3.8) is 0 Å². The predicted molar refractivity (Wildman–Crippen MR) is 183 cm³/mol. The Hall–Kier alpha value is -5.10. The van der Waals surface area contributed by atoms with Gasteiger partial charge in [0.2, 0.25) is 5.91 Å². The summed E-state index contributed by atoms with van der Waals surface area (Å²) in [5.41, 5.74) is 0.0558. The molecule has 0 aliphatic heterocycles. The van der Waals surface area contributed by atoms with Crippen molar-refractivity contribution in [2.75, 3.05) is 10.6 Å². The molecule has 5 aromatic rings. The van der Waals surface area contributed by atoms with Crippen LogP contribution >= 0.6 is 35.0 Å². The summed E-state index contributed by atoms with van der Waals surface area (Å²) in [4.78, 5) is 40.2. The molecule has 0 saturated carbocycles. The Bertz CT molecular complexity index is 2030. The van der Waals surface area contributed by atoms with Crippen LogP contribution in [0.2, 0.25) is 10.0 Å². The van der Waals surface area contributed by atoms with Gasteiger partial charge in [-0.05, 0) is 59.7 Å². The van der Waals surface area contributed by atoms with Crippen LogP contribution in [0.15, 0.2) is 120 Å². The van der Waals surface area contributed by atoms with Crippen LogP contribution in [0.3, 0.4) is 0 Å². The number of anilines is 2. The van der Waals surface area contributed by atoms with Crippen LogP contribution < -0.4 is 16.0 Å². The second-order valence-electron chi connectivity index (χ2n) is 10.2. The molecule has 6 nitrogen and oxygen atoms in total. The summed E-state index contributed by atoms with van der Waals surface area (Å²) >= 11 is 13.5. The van der Waals surface area contributed by atoms with E-state index in [1.807, 2.05) is 5.32 Å². The zero-order valence-corrected chi connectivity index (χ0v) is 27.3. The van der Waals surface area contributed by atoms with Crippen LogP contribution in [0.25, 0.3) is 6.08 Å². The average Bonchev–Trinajstić information content (AvgIpc) is 3.11. The number of halogens is 6. The SMILES string of the molecule is O=C(Nc1ccc(SC(C(=O)Nc2c(F)c(F)cc(F)c2F)c2ccccc2)cc1)/C(=C/c1cccc(Cl)c1Cl)NC(=O)c1ccccc1. The number of nitrogens with one attached hydrogen (secondary N) is 3. The molecule has 0 bridgehead atoms. The number of benzene rings is 5. The van der Waals surface area contributed by atoms with Crippen molar-refractivity contribution < 1.29 is 31.9 Å². The number of rotatable bonds is 10. The van der Waals surface area contributed by atoms with Gasteiger partial charge in [0.1, 0.15) is 16.6 Å². The van der Waals surface area contributed by atoms with Crippen molar-refractivity contribution in [1.29, 1.82) is 0 Å². The number of amides is 3. The molecule has 248 valence electrons. The van der Waals surface area contributed by atoms with E-state index in [0.29, 0.717) is 27.3 Å². The Morgan fingerprint density at radius 1 is 0.714 bits per heavy atom. The normalized spacial score (nSPS) is 11.8. The zero-order valence-electron chi connectivity index (χ0n) is 24.9. The van der Waals surface area contributed by atoms with Crippen LogP contribution in [-0.2, 0) is 9.59 Å². The zero-order chi connectivity index (χ0) is 35.1. The quantitative estimate of drug-likeness (QED) is 0.0580. The molecular weight excluding hydrogens is 701 g/mol. The maximum Gasteiger partial charge on any atom is 0.272 e. The highest BCUT2D eigenvalue weighted by Crippen LogP contribution is 2.37. The summed E-state index contributed by atoms with van der Waals surface area (Å²) in [5.74, 6) is -8.98. The van der Waals surface area contributed by atoms with Gasteiger partial charge in [-0.1, -0.05) is 83.9 Å². The van der Waals surface area contributed by atoms with E-state index in [0.717, 1.165) is 11.8 Å². The fraction of sp³-hybridized carbons (Fsp3) is 0.0278. The molecule has 5 rings (SSSR count). The molecular formula is C36H23Cl2F4N3O3S. The van der Waals surface area contributed by atoms with Gasteiger partial charge in [-0.25, -0.2) is 17.6 Å². The third-order valence-corrected chi connectivity index (χ3v) is 8.98. The van der Waals surface area contributed by atoms with E-state index in [1.165, 1.54) is 18.2 Å². The van der Waals surface area contributed by atoms with Crippen molar-refractivity contribution in [1.82, 2.24) is 5.32 Å². The van der Waals surface area contributed by atoms with Gasteiger partial charge >= 0.3 is 0 Å². The minimum Gasteiger partial charge on any atom is -0.321 e. The Balaban J connectivity index is 1.37. The molecule has 0 spiro atoms. The second kappa shape index (κ2) is 15.9. The van der Waals surface area contributed by atoms with Crippen molar-refractivity contribution in [3.05, 3.63) is 165 Å². The van der Waals surface area contributed by atoms with Crippen LogP contribution in [0.1, 0.15) is 26.7 Å². The number of hydrogen-bond acceptors (Lipinski definition) is 4. The lowest BCUT2D eigenvalue weighted by Gasteiger charge is -2.18. The molecule has 0 aromatic heterocycles. The van der Waals surface area contributed by atoms with E-state index in [2.05, 4.69) is 10.6 Å². The molecule has 49 heavy (non-hydrogen) atoms. The van der Waals surface area contributed by atoms with Crippen LogP contribution in [-0.4, -0.2) is 17.7 Å². The summed E-state index contributed by atoms with van der Waals surface area (Å²) in [7, 11) is 0. The van der Waals surface area contributed by atoms with E-state index in [1.54, 1.807) is 91.0 Å². The lowest BCUT2D eigenvalue weighted by atomic mass is 10.1. The van der Waals surface area contributed by atoms with Gasteiger partial charge in [0.15, 0.2) is 23.3 Å². The van der Waals surface area contributed by atoms with Gasteiger partial charge in [0.25, 0.3) is 11.8 Å². The monoisotopic (exact) mass is 723 g/mol. The minimum atomic E-state index is -1.74. The molecule has 3 N–H and O–H groups in total. The molecule has 3 amide bonds. The van der Waals surface area contributed by atoms with Crippen LogP contribution in [0.4, 0.5) is 28.9 Å². The molecule has 0 heterocycles. The lowest BCUT2D eigenvalue weighted by Crippen LogP contribution is -2.30. The standard InChI is InChI=1S/C36H23Cl2F4N3O3S/c37-25-13-7-12-22(29(25)38)18-28(44-34(46)21-10-5-2-6-11-21)35(47)43-23-14-16-24(17-15-23)49-33(20-8-3-1-4-9-20)36(48)45-32-30(41)26(39)19-27(40)31(32)42/h1-19,33H,(H,43,47)(H,44,46)(H,45,48)/b28-18-. The smallest absolute Gasteiger partial charge is 0.272 e. The Morgan fingerprint density at radius 2 is 1.33 bits per heavy atom. The number of thioether (sulfide) groups is 1. The predicted octanol–water partition coefficient (Wildman–Crippen LogP) is 9.43. The van der Waals surface area contributed by atoms with E-state index < -0.39 is 51.9 Å². The highest BCUT2D eigenvalue weighted by atomic mass is 35.5.